The zero-order valence-electron chi connectivity index (χ0n) is 16.8. The summed E-state index contributed by atoms with van der Waals surface area (Å²) in [6, 6.07) is 10.2. The largest absolute Gasteiger partial charge is 0.389 e. The van der Waals surface area contributed by atoms with Crippen molar-refractivity contribution < 1.29 is 27.6 Å². The number of benzene rings is 1. The molecule has 1 N–H and O–H groups in total. The summed E-state index contributed by atoms with van der Waals surface area (Å²) in [5.74, 6) is -1.02. The summed E-state index contributed by atoms with van der Waals surface area (Å²) >= 11 is 1.32. The minimum Gasteiger partial charge on any atom is -0.347 e. The van der Waals surface area contributed by atoms with Gasteiger partial charge in [0.15, 0.2) is 5.78 Å². The van der Waals surface area contributed by atoms with Gasteiger partial charge < -0.3 is 10.2 Å². The summed E-state index contributed by atoms with van der Waals surface area (Å²) in [6.07, 6.45) is -5.56. The van der Waals surface area contributed by atoms with Crippen molar-refractivity contribution in [2.24, 2.45) is 0 Å². The number of nitrogens with zero attached hydrogens (tertiary/aromatic N) is 1. The van der Waals surface area contributed by atoms with Gasteiger partial charge in [-0.25, -0.2) is 0 Å². The number of carbonyl (C=O) groups is 3. The summed E-state index contributed by atoms with van der Waals surface area (Å²) in [5, 5.41) is 4.46. The first kappa shape index (κ1) is 23.0. The van der Waals surface area contributed by atoms with E-state index in [4.69, 9.17) is 0 Å². The first-order valence-corrected chi connectivity index (χ1v) is 10.9. The predicted octanol–water partition coefficient (Wildman–Crippen LogP) is 4.30. The lowest BCUT2D eigenvalue weighted by Gasteiger charge is -2.26. The Morgan fingerprint density at radius 3 is 2.55 bits per heavy atom. The molecule has 0 saturated heterocycles. The molecule has 0 radical (unpaired) electrons. The van der Waals surface area contributed by atoms with Gasteiger partial charge in [-0.3, -0.25) is 14.4 Å². The Bertz CT molecular complexity index is 928. The summed E-state index contributed by atoms with van der Waals surface area (Å²) in [5.41, 5.74) is 1.74. The summed E-state index contributed by atoms with van der Waals surface area (Å²) in [6.45, 7) is 0.568. The number of hydrogen-bond donors (Lipinski definition) is 1. The minimum absolute atomic E-state index is 0.0435. The second kappa shape index (κ2) is 10.1. The van der Waals surface area contributed by atoms with Gasteiger partial charge in [0, 0.05) is 32.4 Å². The second-order valence-electron chi connectivity index (χ2n) is 7.42. The molecule has 31 heavy (non-hydrogen) atoms. The molecule has 1 aliphatic rings. The molecule has 9 heteroatoms. The smallest absolute Gasteiger partial charge is 0.347 e. The number of carbonyl (C=O) groups excluding carboxylic acids is 3. The van der Waals surface area contributed by atoms with E-state index in [1.54, 1.807) is 28.5 Å². The van der Waals surface area contributed by atoms with Gasteiger partial charge in [-0.1, -0.05) is 30.3 Å². The average molecular weight is 452 g/mol. The van der Waals surface area contributed by atoms with Crippen LogP contribution in [-0.2, 0) is 16.0 Å². The van der Waals surface area contributed by atoms with Crippen molar-refractivity contribution in [3.8, 4) is 0 Å². The van der Waals surface area contributed by atoms with Crippen LogP contribution >= 0.6 is 11.3 Å². The van der Waals surface area contributed by atoms with Crippen LogP contribution in [0.15, 0.2) is 41.8 Å². The molecule has 1 aromatic heterocycles. The second-order valence-corrected chi connectivity index (χ2v) is 8.37. The van der Waals surface area contributed by atoms with Crippen molar-refractivity contribution in [3.05, 3.63) is 57.8 Å². The molecule has 0 spiro atoms. The SMILES string of the molecule is O=C(CCC(F)(F)F)NC1CN(C(=O)CCC(=O)c2cccs2)CCc2ccccc21. The number of nitrogens with one attached hydrogen (secondary N) is 1. The van der Waals surface area contributed by atoms with Gasteiger partial charge in [-0.15, -0.1) is 11.3 Å². The van der Waals surface area contributed by atoms with E-state index in [0.29, 0.717) is 17.8 Å². The normalized spacial score (nSPS) is 16.4. The van der Waals surface area contributed by atoms with Crippen molar-refractivity contribution in [1.29, 1.82) is 0 Å². The first-order valence-electron chi connectivity index (χ1n) is 10.0. The predicted molar refractivity (Wildman–Crippen MR) is 111 cm³/mol. The molecular formula is C22H23F3N2O3S. The maximum absolute atomic E-state index is 12.8. The number of Topliss-reactive ketones (excluding diaryl/α,β-unsaturated/α-hetero) is 1. The molecule has 2 amide bonds. The Morgan fingerprint density at radius 1 is 1.06 bits per heavy atom. The summed E-state index contributed by atoms with van der Waals surface area (Å²) in [7, 11) is 0. The number of thiophene rings is 1. The maximum atomic E-state index is 12.8. The number of rotatable bonds is 7. The molecule has 1 aromatic carbocycles. The highest BCUT2D eigenvalue weighted by atomic mass is 32.1. The van der Waals surface area contributed by atoms with Crippen molar-refractivity contribution in [1.82, 2.24) is 10.2 Å². The average Bonchev–Trinajstić information content (AvgIpc) is 3.21. The molecule has 0 bridgehead atoms. The summed E-state index contributed by atoms with van der Waals surface area (Å²) < 4.78 is 37.4. The number of ketones is 1. The first-order chi connectivity index (χ1) is 14.7. The number of amides is 2. The third kappa shape index (κ3) is 6.65. The van der Waals surface area contributed by atoms with E-state index in [1.165, 1.54) is 11.3 Å². The van der Waals surface area contributed by atoms with E-state index in [2.05, 4.69) is 5.32 Å². The molecular weight excluding hydrogens is 429 g/mol. The van der Waals surface area contributed by atoms with Gasteiger partial charge in [0.1, 0.15) is 0 Å². The lowest BCUT2D eigenvalue weighted by Crippen LogP contribution is -2.40. The van der Waals surface area contributed by atoms with Crippen molar-refractivity contribution in [2.45, 2.75) is 44.3 Å². The van der Waals surface area contributed by atoms with E-state index in [9.17, 15) is 27.6 Å². The van der Waals surface area contributed by atoms with Crippen LogP contribution in [0.5, 0.6) is 0 Å². The number of hydrogen-bond acceptors (Lipinski definition) is 4. The van der Waals surface area contributed by atoms with Crippen LogP contribution < -0.4 is 5.32 Å². The Kier molecular flexibility index (Phi) is 7.48. The number of alkyl halides is 3. The molecule has 0 saturated carbocycles. The van der Waals surface area contributed by atoms with Crippen LogP contribution in [0.2, 0.25) is 0 Å². The van der Waals surface area contributed by atoms with E-state index in [-0.39, 0.29) is 31.1 Å². The minimum atomic E-state index is -4.41. The molecule has 1 aliphatic heterocycles. The van der Waals surface area contributed by atoms with E-state index in [0.717, 1.165) is 11.1 Å². The monoisotopic (exact) mass is 452 g/mol. The fourth-order valence-electron chi connectivity index (χ4n) is 3.58. The topological polar surface area (TPSA) is 66.5 Å². The third-order valence-electron chi connectivity index (χ3n) is 5.17. The van der Waals surface area contributed by atoms with Crippen molar-refractivity contribution in [3.63, 3.8) is 0 Å². The molecule has 3 rings (SSSR count). The van der Waals surface area contributed by atoms with Crippen molar-refractivity contribution in [2.75, 3.05) is 13.1 Å². The zero-order chi connectivity index (χ0) is 22.4. The van der Waals surface area contributed by atoms with Crippen LogP contribution in [-0.4, -0.2) is 41.8 Å². The standard InChI is InChI=1S/C22H23F3N2O3S/c23-22(24,25)11-9-20(29)26-17-14-27(12-10-15-4-1-2-5-16(15)17)21(30)8-7-18(28)19-6-3-13-31-19/h1-6,13,17H,7-12,14H2,(H,26,29). The fourth-order valence-corrected chi connectivity index (χ4v) is 4.27. The van der Waals surface area contributed by atoms with Crippen LogP contribution in [0.3, 0.4) is 0 Å². The quantitative estimate of drug-likeness (QED) is 0.637. The molecule has 2 aromatic rings. The highest BCUT2D eigenvalue weighted by Gasteiger charge is 2.30. The lowest BCUT2D eigenvalue weighted by molar-refractivity contribution is -0.144. The van der Waals surface area contributed by atoms with Crippen LogP contribution in [0.25, 0.3) is 0 Å². The van der Waals surface area contributed by atoms with Gasteiger partial charge >= 0.3 is 6.18 Å². The Labute approximate surface area is 182 Å². The highest BCUT2D eigenvalue weighted by molar-refractivity contribution is 7.12. The molecule has 2 heterocycles. The fraction of sp³-hybridized carbons (Fsp3) is 0.409. The van der Waals surface area contributed by atoms with Gasteiger partial charge in [-0.05, 0) is 29.0 Å². The van der Waals surface area contributed by atoms with Crippen LogP contribution in [0.1, 0.15) is 52.5 Å². The number of halogens is 3. The maximum Gasteiger partial charge on any atom is 0.389 e. The molecule has 1 atom stereocenters. The van der Waals surface area contributed by atoms with Crippen LogP contribution in [0, 0.1) is 0 Å². The number of fused-ring (bicyclic) bond motifs is 1. The Hall–Kier alpha value is -2.68. The molecule has 0 fully saturated rings. The summed E-state index contributed by atoms with van der Waals surface area (Å²) in [4.78, 5) is 39.3. The van der Waals surface area contributed by atoms with Gasteiger partial charge in [0.05, 0.1) is 17.3 Å². The Morgan fingerprint density at radius 2 is 1.84 bits per heavy atom. The van der Waals surface area contributed by atoms with E-state index in [1.807, 2.05) is 18.2 Å². The van der Waals surface area contributed by atoms with Gasteiger partial charge in [0.2, 0.25) is 11.8 Å². The van der Waals surface area contributed by atoms with E-state index >= 15 is 0 Å². The molecule has 1 unspecified atom stereocenters. The van der Waals surface area contributed by atoms with Crippen molar-refractivity contribution >= 4 is 28.9 Å². The lowest BCUT2D eigenvalue weighted by atomic mass is 9.99. The molecule has 5 nitrogen and oxygen atoms in total. The zero-order valence-corrected chi connectivity index (χ0v) is 17.6. The van der Waals surface area contributed by atoms with Gasteiger partial charge in [0.25, 0.3) is 0 Å². The third-order valence-corrected chi connectivity index (χ3v) is 6.08. The molecule has 166 valence electrons. The Balaban J connectivity index is 1.66. The van der Waals surface area contributed by atoms with Crippen LogP contribution in [0.4, 0.5) is 13.2 Å². The highest BCUT2D eigenvalue weighted by Crippen LogP contribution is 2.26. The van der Waals surface area contributed by atoms with Gasteiger partial charge in [-0.2, -0.15) is 13.2 Å². The molecule has 0 aliphatic carbocycles. The van der Waals surface area contributed by atoms with E-state index < -0.39 is 31.0 Å².